The highest BCUT2D eigenvalue weighted by atomic mass is 19.4. The SMILES string of the molecule is Cn1ccc(-n2nc(C(F)(F)F)c(C3=CCOC3)c2N)n1. The Hall–Kier alpha value is -2.29. The summed E-state index contributed by atoms with van der Waals surface area (Å²) in [4.78, 5) is 0. The number of nitrogens with zero attached hydrogens (tertiary/aromatic N) is 4. The van der Waals surface area contributed by atoms with Crippen molar-refractivity contribution < 1.29 is 17.9 Å². The summed E-state index contributed by atoms with van der Waals surface area (Å²) in [5, 5.41) is 7.63. The number of nitrogens with two attached hydrogens (primary N) is 1. The van der Waals surface area contributed by atoms with Crippen molar-refractivity contribution in [3.8, 4) is 5.82 Å². The number of hydrogen-bond acceptors (Lipinski definition) is 4. The van der Waals surface area contributed by atoms with Crippen LogP contribution in [0.4, 0.5) is 19.0 Å². The van der Waals surface area contributed by atoms with Gasteiger partial charge in [0.1, 0.15) is 5.82 Å². The van der Waals surface area contributed by atoms with Crippen LogP contribution < -0.4 is 5.73 Å². The van der Waals surface area contributed by atoms with Crippen molar-refractivity contribution in [1.82, 2.24) is 19.6 Å². The second kappa shape index (κ2) is 4.62. The maximum absolute atomic E-state index is 13.2. The molecule has 0 saturated heterocycles. The van der Waals surface area contributed by atoms with Crippen LogP contribution >= 0.6 is 0 Å². The molecule has 2 aromatic heterocycles. The van der Waals surface area contributed by atoms with Gasteiger partial charge in [-0.3, -0.25) is 4.68 Å². The number of rotatable bonds is 2. The summed E-state index contributed by atoms with van der Waals surface area (Å²) >= 11 is 0. The van der Waals surface area contributed by atoms with E-state index in [2.05, 4.69) is 10.2 Å². The number of alkyl halides is 3. The van der Waals surface area contributed by atoms with Crippen LogP contribution in [0.2, 0.25) is 0 Å². The Bertz CT molecular complexity index is 713. The Morgan fingerprint density at radius 2 is 2.10 bits per heavy atom. The Balaban J connectivity index is 2.20. The van der Waals surface area contributed by atoms with E-state index in [1.807, 2.05) is 0 Å². The second-order valence-electron chi connectivity index (χ2n) is 4.61. The van der Waals surface area contributed by atoms with E-state index in [9.17, 15) is 13.2 Å². The molecule has 6 nitrogen and oxygen atoms in total. The first kappa shape index (κ1) is 13.7. The Labute approximate surface area is 117 Å². The predicted octanol–water partition coefficient (Wildman–Crippen LogP) is 1.62. The zero-order chi connectivity index (χ0) is 15.2. The van der Waals surface area contributed by atoms with Gasteiger partial charge < -0.3 is 10.5 Å². The summed E-state index contributed by atoms with van der Waals surface area (Å²) in [5.74, 6) is 0.129. The molecule has 0 amide bonds. The van der Waals surface area contributed by atoms with Gasteiger partial charge in [0.25, 0.3) is 0 Å². The van der Waals surface area contributed by atoms with Gasteiger partial charge in [-0.05, 0) is 5.57 Å². The lowest BCUT2D eigenvalue weighted by molar-refractivity contribution is -0.141. The first-order chi connectivity index (χ1) is 9.88. The van der Waals surface area contributed by atoms with Crippen LogP contribution in [0.1, 0.15) is 11.3 Å². The van der Waals surface area contributed by atoms with Crippen molar-refractivity contribution in [3.63, 3.8) is 0 Å². The molecule has 2 aromatic rings. The van der Waals surface area contributed by atoms with E-state index < -0.39 is 11.9 Å². The first-order valence-corrected chi connectivity index (χ1v) is 6.11. The quantitative estimate of drug-likeness (QED) is 0.914. The Morgan fingerprint density at radius 1 is 1.33 bits per heavy atom. The maximum atomic E-state index is 13.2. The number of halogens is 3. The van der Waals surface area contributed by atoms with Crippen LogP contribution in [-0.4, -0.2) is 32.8 Å². The van der Waals surface area contributed by atoms with Crippen LogP contribution in [0.3, 0.4) is 0 Å². The third kappa shape index (κ3) is 2.29. The lowest BCUT2D eigenvalue weighted by atomic mass is 10.1. The van der Waals surface area contributed by atoms with Crippen LogP contribution in [0.25, 0.3) is 11.4 Å². The zero-order valence-corrected chi connectivity index (χ0v) is 11.1. The van der Waals surface area contributed by atoms with E-state index >= 15 is 0 Å². The number of aromatic nitrogens is 4. The monoisotopic (exact) mass is 299 g/mol. The van der Waals surface area contributed by atoms with Crippen molar-refractivity contribution in [2.45, 2.75) is 6.18 Å². The highest BCUT2D eigenvalue weighted by Crippen LogP contribution is 2.39. The number of anilines is 1. The highest BCUT2D eigenvalue weighted by molar-refractivity contribution is 5.78. The van der Waals surface area contributed by atoms with Gasteiger partial charge in [-0.15, -0.1) is 0 Å². The molecule has 0 spiro atoms. The molecule has 2 N–H and O–H groups in total. The Kier molecular flexibility index (Phi) is 3.01. The molecule has 3 rings (SSSR count). The van der Waals surface area contributed by atoms with Crippen molar-refractivity contribution in [2.75, 3.05) is 18.9 Å². The fraction of sp³-hybridized carbons (Fsp3) is 0.333. The lowest BCUT2D eigenvalue weighted by Crippen LogP contribution is -2.10. The van der Waals surface area contributed by atoms with E-state index in [0.717, 1.165) is 4.68 Å². The molecule has 0 saturated carbocycles. The summed E-state index contributed by atoms with van der Waals surface area (Å²) in [5.41, 5.74) is 5.11. The molecule has 3 heterocycles. The Morgan fingerprint density at radius 3 is 2.62 bits per heavy atom. The molecule has 21 heavy (non-hydrogen) atoms. The van der Waals surface area contributed by atoms with Crippen molar-refractivity contribution in [1.29, 1.82) is 0 Å². The standard InChI is InChI=1S/C12H12F3N5O/c1-19-4-2-8(17-19)20-11(16)9(7-3-5-21-6-7)10(18-20)12(13,14)15/h2-4H,5-6,16H2,1H3. The van der Waals surface area contributed by atoms with E-state index in [4.69, 9.17) is 10.5 Å². The summed E-state index contributed by atoms with van der Waals surface area (Å²) < 4.78 is 47.1. The normalized spacial score (nSPS) is 15.5. The van der Waals surface area contributed by atoms with Gasteiger partial charge in [-0.2, -0.15) is 28.1 Å². The van der Waals surface area contributed by atoms with E-state index in [0.29, 0.717) is 5.57 Å². The van der Waals surface area contributed by atoms with Gasteiger partial charge in [0.2, 0.25) is 0 Å². The van der Waals surface area contributed by atoms with Gasteiger partial charge in [-0.1, -0.05) is 6.08 Å². The minimum atomic E-state index is -4.60. The fourth-order valence-electron chi connectivity index (χ4n) is 2.20. The third-order valence-electron chi connectivity index (χ3n) is 3.13. The molecule has 0 aromatic carbocycles. The van der Waals surface area contributed by atoms with Crippen LogP contribution in [0, 0.1) is 0 Å². The molecular weight excluding hydrogens is 287 g/mol. The fourth-order valence-corrected chi connectivity index (χ4v) is 2.20. The van der Waals surface area contributed by atoms with Crippen molar-refractivity contribution in [2.24, 2.45) is 7.05 Å². The molecular formula is C12H12F3N5O. The molecule has 1 aliphatic heterocycles. The summed E-state index contributed by atoms with van der Waals surface area (Å²) in [6.45, 7) is 0.349. The molecule has 0 aliphatic carbocycles. The minimum absolute atomic E-state index is 0.0845. The average Bonchev–Trinajstić information content (AvgIpc) is 3.07. The van der Waals surface area contributed by atoms with Crippen LogP contribution in [0.15, 0.2) is 18.3 Å². The minimum Gasteiger partial charge on any atom is -0.383 e. The van der Waals surface area contributed by atoms with Gasteiger partial charge in [-0.25, -0.2) is 0 Å². The van der Waals surface area contributed by atoms with Gasteiger partial charge in [0.05, 0.1) is 18.8 Å². The predicted molar refractivity (Wildman–Crippen MR) is 68.5 cm³/mol. The number of ether oxygens (including phenoxy) is 1. The van der Waals surface area contributed by atoms with Crippen molar-refractivity contribution in [3.05, 3.63) is 29.6 Å². The third-order valence-corrected chi connectivity index (χ3v) is 3.13. The second-order valence-corrected chi connectivity index (χ2v) is 4.61. The zero-order valence-electron chi connectivity index (χ0n) is 11.1. The topological polar surface area (TPSA) is 70.9 Å². The smallest absolute Gasteiger partial charge is 0.383 e. The van der Waals surface area contributed by atoms with Gasteiger partial charge in [0.15, 0.2) is 11.5 Å². The highest BCUT2D eigenvalue weighted by Gasteiger charge is 2.40. The number of aryl methyl sites for hydroxylation is 1. The van der Waals surface area contributed by atoms with Crippen molar-refractivity contribution >= 4 is 11.4 Å². The largest absolute Gasteiger partial charge is 0.435 e. The molecule has 0 fully saturated rings. The van der Waals surface area contributed by atoms with Gasteiger partial charge in [0, 0.05) is 19.3 Å². The van der Waals surface area contributed by atoms with E-state index in [-0.39, 0.29) is 30.4 Å². The molecule has 0 bridgehead atoms. The number of hydrogen-bond donors (Lipinski definition) is 1. The molecule has 0 radical (unpaired) electrons. The summed E-state index contributed by atoms with van der Waals surface area (Å²) in [6.07, 6.45) is -1.43. The summed E-state index contributed by atoms with van der Waals surface area (Å²) in [6, 6.07) is 1.53. The van der Waals surface area contributed by atoms with Crippen LogP contribution in [-0.2, 0) is 18.0 Å². The van der Waals surface area contributed by atoms with E-state index in [1.165, 1.54) is 10.7 Å². The van der Waals surface area contributed by atoms with E-state index in [1.54, 1.807) is 19.3 Å². The lowest BCUT2D eigenvalue weighted by Gasteiger charge is -2.06. The van der Waals surface area contributed by atoms with Gasteiger partial charge >= 0.3 is 6.18 Å². The molecule has 9 heteroatoms. The molecule has 112 valence electrons. The molecule has 0 atom stereocenters. The molecule has 1 aliphatic rings. The summed E-state index contributed by atoms with van der Waals surface area (Å²) in [7, 11) is 1.65. The average molecular weight is 299 g/mol. The van der Waals surface area contributed by atoms with Crippen LogP contribution in [0.5, 0.6) is 0 Å². The maximum Gasteiger partial charge on any atom is 0.435 e. The first-order valence-electron chi connectivity index (χ1n) is 6.11. The number of nitrogen functional groups attached to an aromatic ring is 1. The molecule has 0 unspecified atom stereocenters.